The fraction of sp³-hybridized carbons (Fsp3) is 0.917. The molecule has 0 radical (unpaired) electrons. The summed E-state index contributed by atoms with van der Waals surface area (Å²) in [5.41, 5.74) is -0.219. The SMILES string of the molecule is CNC(=O)C12CC3CCC1(C)C3(C)CO2. The number of hydrogen-bond acceptors (Lipinski definition) is 2. The van der Waals surface area contributed by atoms with E-state index in [0.717, 1.165) is 19.4 Å². The average Bonchev–Trinajstić information content (AvgIpc) is 2.70. The molecule has 0 aromatic rings. The van der Waals surface area contributed by atoms with Crippen molar-refractivity contribution in [1.82, 2.24) is 5.32 Å². The van der Waals surface area contributed by atoms with Crippen molar-refractivity contribution in [3.63, 3.8) is 0 Å². The zero-order valence-corrected chi connectivity index (χ0v) is 9.72. The second-order valence-electron chi connectivity index (χ2n) is 5.88. The van der Waals surface area contributed by atoms with Gasteiger partial charge in [0.25, 0.3) is 5.91 Å². The highest BCUT2D eigenvalue weighted by molar-refractivity contribution is 5.87. The molecule has 0 aromatic heterocycles. The van der Waals surface area contributed by atoms with Gasteiger partial charge in [0.05, 0.1) is 6.61 Å². The van der Waals surface area contributed by atoms with Crippen LogP contribution >= 0.6 is 0 Å². The Morgan fingerprint density at radius 3 is 2.73 bits per heavy atom. The molecule has 3 nitrogen and oxygen atoms in total. The van der Waals surface area contributed by atoms with Crippen LogP contribution in [0.25, 0.3) is 0 Å². The minimum atomic E-state index is -0.514. The Morgan fingerprint density at radius 1 is 1.47 bits per heavy atom. The topological polar surface area (TPSA) is 38.3 Å². The number of rotatable bonds is 1. The highest BCUT2D eigenvalue weighted by Crippen LogP contribution is 2.74. The molecule has 15 heavy (non-hydrogen) atoms. The molecule has 4 unspecified atom stereocenters. The Morgan fingerprint density at radius 2 is 2.20 bits per heavy atom. The molecule has 1 amide bonds. The summed E-state index contributed by atoms with van der Waals surface area (Å²) >= 11 is 0. The number of carbonyl (C=O) groups excluding carboxylic acids is 1. The van der Waals surface area contributed by atoms with Crippen molar-refractivity contribution < 1.29 is 9.53 Å². The zero-order chi connectivity index (χ0) is 10.9. The van der Waals surface area contributed by atoms with Gasteiger partial charge in [0.15, 0.2) is 5.60 Å². The number of hydrogen-bond donors (Lipinski definition) is 1. The van der Waals surface area contributed by atoms with Gasteiger partial charge in [0.1, 0.15) is 0 Å². The predicted molar refractivity (Wildman–Crippen MR) is 56.3 cm³/mol. The van der Waals surface area contributed by atoms with E-state index in [1.54, 1.807) is 7.05 Å². The van der Waals surface area contributed by atoms with E-state index < -0.39 is 5.60 Å². The van der Waals surface area contributed by atoms with Gasteiger partial charge in [-0.05, 0) is 25.2 Å². The highest BCUT2D eigenvalue weighted by Gasteiger charge is 2.78. The lowest BCUT2D eigenvalue weighted by Crippen LogP contribution is -2.54. The first-order chi connectivity index (χ1) is 7.00. The second-order valence-corrected chi connectivity index (χ2v) is 5.88. The molecule has 2 aliphatic carbocycles. The zero-order valence-electron chi connectivity index (χ0n) is 9.72. The molecule has 3 rings (SSSR count). The third kappa shape index (κ3) is 0.718. The van der Waals surface area contributed by atoms with Crippen LogP contribution in [0, 0.1) is 16.7 Å². The van der Waals surface area contributed by atoms with Crippen LogP contribution in [0.1, 0.15) is 33.1 Å². The molecular formula is C12H19NO2. The predicted octanol–water partition coefficient (Wildman–Crippen LogP) is 1.33. The lowest BCUT2D eigenvalue weighted by molar-refractivity contribution is -0.155. The van der Waals surface area contributed by atoms with E-state index in [2.05, 4.69) is 19.2 Å². The van der Waals surface area contributed by atoms with Crippen LogP contribution in [-0.2, 0) is 9.53 Å². The fourth-order valence-electron chi connectivity index (χ4n) is 4.46. The van der Waals surface area contributed by atoms with Gasteiger partial charge < -0.3 is 10.1 Å². The van der Waals surface area contributed by atoms with E-state index in [9.17, 15) is 4.79 Å². The molecule has 3 aliphatic rings. The molecular weight excluding hydrogens is 190 g/mol. The Hall–Kier alpha value is -0.570. The van der Waals surface area contributed by atoms with Gasteiger partial charge in [0.2, 0.25) is 0 Å². The van der Waals surface area contributed by atoms with E-state index in [-0.39, 0.29) is 16.7 Å². The summed E-state index contributed by atoms with van der Waals surface area (Å²) < 4.78 is 5.92. The molecule has 1 N–H and O–H groups in total. The van der Waals surface area contributed by atoms with Crippen LogP contribution in [0.5, 0.6) is 0 Å². The molecule has 84 valence electrons. The number of ether oxygens (including phenoxy) is 1. The minimum absolute atomic E-state index is 0.0603. The Balaban J connectivity index is 2.12. The monoisotopic (exact) mass is 209 g/mol. The third-order valence-corrected chi connectivity index (χ3v) is 5.79. The van der Waals surface area contributed by atoms with Gasteiger partial charge >= 0.3 is 0 Å². The van der Waals surface area contributed by atoms with Gasteiger partial charge in [-0.2, -0.15) is 0 Å². The quantitative estimate of drug-likeness (QED) is 0.707. The maximum absolute atomic E-state index is 12.1. The van der Waals surface area contributed by atoms with E-state index in [1.807, 2.05) is 0 Å². The van der Waals surface area contributed by atoms with E-state index in [1.165, 1.54) is 6.42 Å². The molecule has 3 fully saturated rings. The van der Waals surface area contributed by atoms with Crippen LogP contribution in [0.3, 0.4) is 0 Å². The number of likely N-dealkylation sites (N-methyl/N-ethyl adjacent to an activating group) is 1. The maximum Gasteiger partial charge on any atom is 0.252 e. The van der Waals surface area contributed by atoms with Crippen molar-refractivity contribution in [2.24, 2.45) is 16.7 Å². The number of nitrogens with one attached hydrogen (secondary N) is 1. The first-order valence-electron chi connectivity index (χ1n) is 5.86. The second kappa shape index (κ2) is 2.40. The first-order valence-corrected chi connectivity index (χ1v) is 5.86. The minimum Gasteiger partial charge on any atom is -0.364 e. The van der Waals surface area contributed by atoms with E-state index in [0.29, 0.717) is 5.92 Å². The molecule has 0 spiro atoms. The summed E-state index contributed by atoms with van der Waals surface area (Å²) in [4.78, 5) is 12.1. The van der Waals surface area contributed by atoms with Crippen LogP contribution in [0.2, 0.25) is 0 Å². The van der Waals surface area contributed by atoms with Crippen molar-refractivity contribution in [1.29, 1.82) is 0 Å². The first kappa shape index (κ1) is 9.64. The fourth-order valence-corrected chi connectivity index (χ4v) is 4.46. The Kier molecular flexibility index (Phi) is 1.54. The molecule has 1 aliphatic heterocycles. The largest absolute Gasteiger partial charge is 0.364 e. The van der Waals surface area contributed by atoms with Gasteiger partial charge in [-0.1, -0.05) is 13.8 Å². The van der Waals surface area contributed by atoms with Crippen molar-refractivity contribution in [2.75, 3.05) is 13.7 Å². The standard InChI is InChI=1S/C12H19NO2/c1-10-7-15-12(9(14)13-3)6-8(10)4-5-11(10,12)2/h8H,4-7H2,1-3H3,(H,13,14). The van der Waals surface area contributed by atoms with Crippen molar-refractivity contribution in [3.05, 3.63) is 0 Å². The summed E-state index contributed by atoms with van der Waals surface area (Å²) in [6.45, 7) is 5.33. The molecule has 4 bridgehead atoms. The lowest BCUT2D eigenvalue weighted by atomic mass is 9.66. The number of amides is 1. The molecule has 3 heteroatoms. The van der Waals surface area contributed by atoms with Gasteiger partial charge in [-0.25, -0.2) is 0 Å². The average molecular weight is 209 g/mol. The summed E-state index contributed by atoms with van der Waals surface area (Å²) in [7, 11) is 1.71. The number of carbonyl (C=O) groups is 1. The highest BCUT2D eigenvalue weighted by atomic mass is 16.5. The summed E-state index contributed by atoms with van der Waals surface area (Å²) in [6, 6.07) is 0. The van der Waals surface area contributed by atoms with Crippen LogP contribution < -0.4 is 5.32 Å². The van der Waals surface area contributed by atoms with E-state index >= 15 is 0 Å². The van der Waals surface area contributed by atoms with Gasteiger partial charge in [0, 0.05) is 17.9 Å². The Labute approximate surface area is 90.6 Å². The Bertz CT molecular complexity index is 343. The normalized spacial score (nSPS) is 56.1. The molecule has 2 saturated carbocycles. The summed E-state index contributed by atoms with van der Waals surface area (Å²) in [6.07, 6.45) is 3.34. The van der Waals surface area contributed by atoms with Crippen LogP contribution in [-0.4, -0.2) is 25.2 Å². The molecule has 4 atom stereocenters. The van der Waals surface area contributed by atoms with Crippen LogP contribution in [0.15, 0.2) is 0 Å². The maximum atomic E-state index is 12.1. The van der Waals surface area contributed by atoms with Gasteiger partial charge in [-0.3, -0.25) is 4.79 Å². The third-order valence-electron chi connectivity index (χ3n) is 5.79. The van der Waals surface area contributed by atoms with Crippen molar-refractivity contribution >= 4 is 5.91 Å². The van der Waals surface area contributed by atoms with Crippen molar-refractivity contribution in [2.45, 2.75) is 38.7 Å². The summed E-state index contributed by atoms with van der Waals surface area (Å²) in [5.74, 6) is 0.782. The lowest BCUT2D eigenvalue weighted by Gasteiger charge is -2.39. The molecule has 0 aromatic carbocycles. The summed E-state index contributed by atoms with van der Waals surface area (Å²) in [5, 5.41) is 2.79. The molecule has 1 saturated heterocycles. The van der Waals surface area contributed by atoms with Crippen molar-refractivity contribution in [3.8, 4) is 0 Å². The van der Waals surface area contributed by atoms with E-state index in [4.69, 9.17) is 4.74 Å². The van der Waals surface area contributed by atoms with Gasteiger partial charge in [-0.15, -0.1) is 0 Å². The molecule has 1 heterocycles. The van der Waals surface area contributed by atoms with Crippen LogP contribution in [0.4, 0.5) is 0 Å². The smallest absolute Gasteiger partial charge is 0.252 e.